The van der Waals surface area contributed by atoms with Crippen LogP contribution in [0, 0.1) is 6.92 Å². The second kappa shape index (κ2) is 8.36. The van der Waals surface area contributed by atoms with Crippen LogP contribution in [0.3, 0.4) is 0 Å². The molecular formula is C18H24O2. The van der Waals surface area contributed by atoms with Crippen LogP contribution in [0.1, 0.15) is 49.5 Å². The molecule has 0 bridgehead atoms. The molecule has 0 N–H and O–H groups in total. The van der Waals surface area contributed by atoms with Gasteiger partial charge < -0.3 is 4.74 Å². The molecule has 0 unspecified atom stereocenters. The lowest BCUT2D eigenvalue weighted by Gasteiger charge is -2.04. The Labute approximate surface area is 122 Å². The number of carbonyl (C=O) groups excluding carboxylic acids is 1. The van der Waals surface area contributed by atoms with Gasteiger partial charge in [-0.1, -0.05) is 34.9 Å². The molecule has 2 heteroatoms. The van der Waals surface area contributed by atoms with Crippen molar-refractivity contribution in [2.75, 3.05) is 6.61 Å². The van der Waals surface area contributed by atoms with Crippen LogP contribution in [-0.4, -0.2) is 12.6 Å². The van der Waals surface area contributed by atoms with Gasteiger partial charge in [0.1, 0.15) is 6.61 Å². The zero-order valence-corrected chi connectivity index (χ0v) is 12.9. The zero-order chi connectivity index (χ0) is 15.0. The predicted octanol–water partition coefficient (Wildman–Crippen LogP) is 4.84. The molecular weight excluding hydrogens is 248 g/mol. The summed E-state index contributed by atoms with van der Waals surface area (Å²) in [6.07, 6.45) is 6.24. The summed E-state index contributed by atoms with van der Waals surface area (Å²) in [6.45, 7) is 8.57. The van der Waals surface area contributed by atoms with Crippen LogP contribution in [-0.2, 0) is 4.74 Å². The van der Waals surface area contributed by atoms with Crippen LogP contribution < -0.4 is 0 Å². The lowest BCUT2D eigenvalue weighted by atomic mass is 10.1. The topological polar surface area (TPSA) is 26.3 Å². The van der Waals surface area contributed by atoms with Gasteiger partial charge in [-0.05, 0) is 58.7 Å². The molecule has 1 aromatic rings. The van der Waals surface area contributed by atoms with Crippen molar-refractivity contribution in [1.29, 1.82) is 0 Å². The number of hydrogen-bond acceptors (Lipinski definition) is 2. The molecule has 0 spiro atoms. The molecule has 2 nitrogen and oxygen atoms in total. The van der Waals surface area contributed by atoms with Gasteiger partial charge in [-0.25, -0.2) is 4.79 Å². The number of rotatable bonds is 6. The van der Waals surface area contributed by atoms with Gasteiger partial charge in [-0.2, -0.15) is 0 Å². The van der Waals surface area contributed by atoms with E-state index in [1.807, 2.05) is 31.2 Å². The summed E-state index contributed by atoms with van der Waals surface area (Å²) in [4.78, 5) is 11.8. The summed E-state index contributed by atoms with van der Waals surface area (Å²) in [5.41, 5.74) is 4.26. The third-order valence-corrected chi connectivity index (χ3v) is 2.99. The van der Waals surface area contributed by atoms with Crippen molar-refractivity contribution in [3.8, 4) is 0 Å². The number of esters is 1. The van der Waals surface area contributed by atoms with Crippen molar-refractivity contribution < 1.29 is 9.53 Å². The standard InChI is InChI=1S/C18H24O2/c1-14(2)7-5-8-15(3)11-12-20-18(19)17-10-6-9-16(4)13-17/h6-7,9-11,13H,5,8,12H2,1-4H3. The third-order valence-electron chi connectivity index (χ3n) is 2.99. The van der Waals surface area contributed by atoms with Crippen molar-refractivity contribution >= 4 is 5.97 Å². The van der Waals surface area contributed by atoms with Crippen LogP contribution in [0.5, 0.6) is 0 Å². The molecule has 20 heavy (non-hydrogen) atoms. The van der Waals surface area contributed by atoms with E-state index in [0.29, 0.717) is 12.2 Å². The van der Waals surface area contributed by atoms with Gasteiger partial charge in [0.25, 0.3) is 0 Å². The van der Waals surface area contributed by atoms with E-state index in [1.54, 1.807) is 6.07 Å². The summed E-state index contributed by atoms with van der Waals surface area (Å²) >= 11 is 0. The number of aryl methyl sites for hydroxylation is 1. The van der Waals surface area contributed by atoms with Gasteiger partial charge in [0.2, 0.25) is 0 Å². The Morgan fingerprint density at radius 1 is 1.20 bits per heavy atom. The van der Waals surface area contributed by atoms with Crippen LogP contribution in [0.2, 0.25) is 0 Å². The zero-order valence-electron chi connectivity index (χ0n) is 12.9. The Balaban J connectivity index is 2.39. The molecule has 0 aromatic heterocycles. The normalized spacial score (nSPS) is 11.1. The first-order valence-electron chi connectivity index (χ1n) is 7.02. The molecule has 0 aliphatic rings. The molecule has 1 rings (SSSR count). The van der Waals surface area contributed by atoms with E-state index in [0.717, 1.165) is 18.4 Å². The number of carbonyl (C=O) groups is 1. The fourth-order valence-corrected chi connectivity index (χ4v) is 1.81. The van der Waals surface area contributed by atoms with E-state index < -0.39 is 0 Å². The second-order valence-electron chi connectivity index (χ2n) is 5.34. The Hall–Kier alpha value is -1.83. The fourth-order valence-electron chi connectivity index (χ4n) is 1.81. The molecule has 0 saturated carbocycles. The van der Waals surface area contributed by atoms with Gasteiger partial charge in [0.15, 0.2) is 0 Å². The molecule has 0 radical (unpaired) electrons. The van der Waals surface area contributed by atoms with Crippen molar-refractivity contribution in [3.63, 3.8) is 0 Å². The van der Waals surface area contributed by atoms with Gasteiger partial charge in [0, 0.05) is 0 Å². The molecule has 1 aromatic carbocycles. The smallest absolute Gasteiger partial charge is 0.338 e. The largest absolute Gasteiger partial charge is 0.458 e. The Morgan fingerprint density at radius 3 is 2.60 bits per heavy atom. The minimum Gasteiger partial charge on any atom is -0.458 e. The monoisotopic (exact) mass is 272 g/mol. The summed E-state index contributed by atoms with van der Waals surface area (Å²) in [5.74, 6) is -0.262. The van der Waals surface area contributed by atoms with Crippen LogP contribution in [0.25, 0.3) is 0 Å². The quantitative estimate of drug-likeness (QED) is 0.547. The van der Waals surface area contributed by atoms with Crippen molar-refractivity contribution in [3.05, 3.63) is 58.7 Å². The van der Waals surface area contributed by atoms with E-state index >= 15 is 0 Å². The first-order chi connectivity index (χ1) is 9.49. The van der Waals surface area contributed by atoms with Crippen LogP contribution >= 0.6 is 0 Å². The average molecular weight is 272 g/mol. The van der Waals surface area contributed by atoms with Crippen molar-refractivity contribution in [2.24, 2.45) is 0 Å². The highest BCUT2D eigenvalue weighted by molar-refractivity contribution is 5.89. The summed E-state index contributed by atoms with van der Waals surface area (Å²) in [7, 11) is 0. The SMILES string of the molecule is CC(C)=CCCC(C)=CCOC(=O)c1cccc(C)c1. The van der Waals surface area contributed by atoms with E-state index in [1.165, 1.54) is 11.1 Å². The molecule has 0 fully saturated rings. The van der Waals surface area contributed by atoms with Crippen molar-refractivity contribution in [1.82, 2.24) is 0 Å². The van der Waals surface area contributed by atoms with Gasteiger partial charge in [0.05, 0.1) is 5.56 Å². The lowest BCUT2D eigenvalue weighted by molar-refractivity contribution is 0.0549. The Kier molecular flexibility index (Phi) is 6.78. The van der Waals surface area contributed by atoms with Gasteiger partial charge in [-0.3, -0.25) is 0 Å². The minimum atomic E-state index is -0.262. The fraction of sp³-hybridized carbons (Fsp3) is 0.389. The molecule has 0 aliphatic heterocycles. The highest BCUT2D eigenvalue weighted by Gasteiger charge is 2.05. The third kappa shape index (κ3) is 6.37. The number of benzene rings is 1. The maximum atomic E-state index is 11.8. The van der Waals surface area contributed by atoms with Gasteiger partial charge in [-0.15, -0.1) is 0 Å². The highest BCUT2D eigenvalue weighted by atomic mass is 16.5. The highest BCUT2D eigenvalue weighted by Crippen LogP contribution is 2.08. The van der Waals surface area contributed by atoms with Crippen LogP contribution in [0.15, 0.2) is 47.6 Å². The average Bonchev–Trinajstić information content (AvgIpc) is 2.38. The van der Waals surface area contributed by atoms with E-state index in [-0.39, 0.29) is 5.97 Å². The maximum absolute atomic E-state index is 11.8. The molecule has 0 amide bonds. The summed E-state index contributed by atoms with van der Waals surface area (Å²) in [6, 6.07) is 7.45. The number of ether oxygens (including phenoxy) is 1. The lowest BCUT2D eigenvalue weighted by Crippen LogP contribution is -2.05. The van der Waals surface area contributed by atoms with Gasteiger partial charge >= 0.3 is 5.97 Å². The first kappa shape index (κ1) is 16.2. The molecule has 0 aliphatic carbocycles. The molecule has 0 saturated heterocycles. The number of hydrogen-bond donors (Lipinski definition) is 0. The Morgan fingerprint density at radius 2 is 1.95 bits per heavy atom. The predicted molar refractivity (Wildman–Crippen MR) is 83.9 cm³/mol. The Bertz CT molecular complexity index is 506. The van der Waals surface area contributed by atoms with E-state index in [4.69, 9.17) is 4.74 Å². The molecule has 0 heterocycles. The first-order valence-corrected chi connectivity index (χ1v) is 7.02. The van der Waals surface area contributed by atoms with Crippen LogP contribution in [0.4, 0.5) is 0 Å². The summed E-state index contributed by atoms with van der Waals surface area (Å²) < 4.78 is 5.25. The summed E-state index contributed by atoms with van der Waals surface area (Å²) in [5, 5.41) is 0. The maximum Gasteiger partial charge on any atom is 0.338 e. The molecule has 108 valence electrons. The minimum absolute atomic E-state index is 0.262. The number of allylic oxidation sites excluding steroid dienone is 3. The van der Waals surface area contributed by atoms with E-state index in [2.05, 4.69) is 26.8 Å². The second-order valence-corrected chi connectivity index (χ2v) is 5.34. The van der Waals surface area contributed by atoms with Crippen molar-refractivity contribution in [2.45, 2.75) is 40.5 Å². The van der Waals surface area contributed by atoms with E-state index in [9.17, 15) is 4.79 Å². The molecule has 0 atom stereocenters.